The molecule has 2 heterocycles. The van der Waals surface area contributed by atoms with E-state index in [0.717, 1.165) is 30.6 Å². The Morgan fingerprint density at radius 1 is 1.26 bits per heavy atom. The number of para-hydroxylation sites is 1. The van der Waals surface area contributed by atoms with Crippen LogP contribution in [0.3, 0.4) is 0 Å². The molecule has 2 unspecified atom stereocenters. The molecule has 3 rings (SSSR count). The van der Waals surface area contributed by atoms with Gasteiger partial charge < -0.3 is 19.9 Å². The first-order chi connectivity index (χ1) is 15.0. The minimum atomic E-state index is -0.171. The molecule has 1 aromatic carbocycles. The molecular formula is C24H33N3O3S. The lowest BCUT2D eigenvalue weighted by atomic mass is 10.00. The summed E-state index contributed by atoms with van der Waals surface area (Å²) in [5.41, 5.74) is 1.16. The number of urea groups is 1. The van der Waals surface area contributed by atoms with Gasteiger partial charge in [-0.05, 0) is 55.3 Å². The highest BCUT2D eigenvalue weighted by molar-refractivity contribution is 7.10. The van der Waals surface area contributed by atoms with Gasteiger partial charge in [0.05, 0.1) is 6.04 Å². The maximum atomic E-state index is 13.4. The first-order valence-electron chi connectivity index (χ1n) is 11.1. The quantitative estimate of drug-likeness (QED) is 0.622. The Kier molecular flexibility index (Phi) is 8.35. The smallest absolute Gasteiger partial charge is 0.318 e. The highest BCUT2D eigenvalue weighted by Crippen LogP contribution is 2.34. The van der Waals surface area contributed by atoms with E-state index in [4.69, 9.17) is 4.74 Å². The van der Waals surface area contributed by atoms with E-state index in [1.54, 1.807) is 16.2 Å². The van der Waals surface area contributed by atoms with Gasteiger partial charge in [0.2, 0.25) is 5.91 Å². The first-order valence-corrected chi connectivity index (χ1v) is 12.0. The van der Waals surface area contributed by atoms with Crippen LogP contribution in [-0.4, -0.2) is 54.0 Å². The van der Waals surface area contributed by atoms with Crippen LogP contribution < -0.4 is 10.1 Å². The standard InChI is InChI=1S/C24H33N3O3S/c1-4-13-25-24(29)27(18(3)5-2)16-23(28)26-14-11-22-20(12-15-31-22)21(26)17-30-19-9-7-6-8-10-19/h6-10,12,15,18,21H,4-5,11,13-14,16-17H2,1-3H3,(H,25,29). The molecule has 0 bridgehead atoms. The molecule has 1 aromatic heterocycles. The summed E-state index contributed by atoms with van der Waals surface area (Å²) in [4.78, 5) is 31.0. The Morgan fingerprint density at radius 3 is 2.74 bits per heavy atom. The highest BCUT2D eigenvalue weighted by Gasteiger charge is 2.34. The van der Waals surface area contributed by atoms with Crippen LogP contribution in [-0.2, 0) is 11.2 Å². The van der Waals surface area contributed by atoms with Crippen LogP contribution in [0.5, 0.6) is 5.75 Å². The fourth-order valence-corrected chi connectivity index (χ4v) is 4.71. The van der Waals surface area contributed by atoms with Crippen molar-refractivity contribution in [3.8, 4) is 5.75 Å². The lowest BCUT2D eigenvalue weighted by Gasteiger charge is -2.38. The molecule has 1 aliphatic heterocycles. The Labute approximate surface area is 189 Å². The van der Waals surface area contributed by atoms with Gasteiger partial charge in [-0.25, -0.2) is 4.79 Å². The van der Waals surface area contributed by atoms with Crippen molar-refractivity contribution in [2.75, 3.05) is 26.2 Å². The van der Waals surface area contributed by atoms with Crippen molar-refractivity contribution >= 4 is 23.3 Å². The molecule has 3 amide bonds. The lowest BCUT2D eigenvalue weighted by molar-refractivity contribution is -0.135. The molecule has 0 spiro atoms. The fraction of sp³-hybridized carbons (Fsp3) is 0.500. The number of carbonyl (C=O) groups excluding carboxylic acids is 2. The van der Waals surface area contributed by atoms with E-state index in [1.807, 2.05) is 56.0 Å². The topological polar surface area (TPSA) is 61.9 Å². The number of benzene rings is 1. The number of carbonyl (C=O) groups is 2. The summed E-state index contributed by atoms with van der Waals surface area (Å²) in [7, 11) is 0. The zero-order chi connectivity index (χ0) is 22.2. The summed E-state index contributed by atoms with van der Waals surface area (Å²) < 4.78 is 6.04. The highest BCUT2D eigenvalue weighted by atomic mass is 32.1. The van der Waals surface area contributed by atoms with Crippen LogP contribution >= 0.6 is 11.3 Å². The maximum absolute atomic E-state index is 13.4. The summed E-state index contributed by atoms with van der Waals surface area (Å²) in [6.07, 6.45) is 2.49. The minimum absolute atomic E-state index is 0.0127. The molecule has 1 N–H and O–H groups in total. The van der Waals surface area contributed by atoms with Crippen LogP contribution in [0.2, 0.25) is 0 Å². The van der Waals surface area contributed by atoms with E-state index in [-0.39, 0.29) is 30.6 Å². The van der Waals surface area contributed by atoms with E-state index in [9.17, 15) is 9.59 Å². The molecule has 0 fully saturated rings. The molecule has 0 aliphatic carbocycles. The van der Waals surface area contributed by atoms with E-state index >= 15 is 0 Å². The Hall–Kier alpha value is -2.54. The largest absolute Gasteiger partial charge is 0.491 e. The van der Waals surface area contributed by atoms with Crippen molar-refractivity contribution in [3.05, 3.63) is 52.2 Å². The third-order valence-corrected chi connectivity index (χ3v) is 6.78. The number of ether oxygens (including phenoxy) is 1. The van der Waals surface area contributed by atoms with Crippen LogP contribution in [0, 0.1) is 0 Å². The predicted molar refractivity (Wildman–Crippen MR) is 125 cm³/mol. The van der Waals surface area contributed by atoms with Crippen molar-refractivity contribution in [2.45, 2.75) is 52.1 Å². The zero-order valence-corrected chi connectivity index (χ0v) is 19.5. The fourth-order valence-electron chi connectivity index (χ4n) is 3.78. The van der Waals surface area contributed by atoms with Gasteiger partial charge >= 0.3 is 6.03 Å². The molecule has 2 aromatic rings. The number of fused-ring (bicyclic) bond motifs is 1. The number of thiophene rings is 1. The van der Waals surface area contributed by atoms with Gasteiger partial charge in [0.15, 0.2) is 0 Å². The number of hydrogen-bond donors (Lipinski definition) is 1. The van der Waals surface area contributed by atoms with Gasteiger partial charge in [-0.2, -0.15) is 0 Å². The number of nitrogens with zero attached hydrogens (tertiary/aromatic N) is 2. The predicted octanol–water partition coefficient (Wildman–Crippen LogP) is 4.47. The normalized spacial score (nSPS) is 16.4. The van der Waals surface area contributed by atoms with Crippen LogP contribution in [0.25, 0.3) is 0 Å². The molecule has 7 heteroatoms. The number of nitrogens with one attached hydrogen (secondary N) is 1. The third kappa shape index (κ3) is 5.79. The molecule has 6 nitrogen and oxygen atoms in total. The third-order valence-electron chi connectivity index (χ3n) is 5.78. The molecule has 31 heavy (non-hydrogen) atoms. The lowest BCUT2D eigenvalue weighted by Crippen LogP contribution is -2.52. The summed E-state index contributed by atoms with van der Waals surface area (Å²) in [6.45, 7) is 7.75. The van der Waals surface area contributed by atoms with Gasteiger partial charge in [-0.3, -0.25) is 4.79 Å². The second-order valence-corrected chi connectivity index (χ2v) is 8.89. The summed E-state index contributed by atoms with van der Waals surface area (Å²) in [5.74, 6) is 0.753. The van der Waals surface area contributed by atoms with Gasteiger partial charge in [0, 0.05) is 24.0 Å². The molecular weight excluding hydrogens is 410 g/mol. The average Bonchev–Trinajstić information content (AvgIpc) is 3.28. The van der Waals surface area contributed by atoms with E-state index in [1.165, 1.54) is 4.88 Å². The van der Waals surface area contributed by atoms with Gasteiger partial charge in [-0.15, -0.1) is 11.3 Å². The SMILES string of the molecule is CCCNC(=O)N(CC(=O)N1CCc2sccc2C1COc1ccccc1)C(C)CC. The number of hydrogen-bond acceptors (Lipinski definition) is 4. The summed E-state index contributed by atoms with van der Waals surface area (Å²) >= 11 is 1.73. The van der Waals surface area contributed by atoms with Crippen molar-refractivity contribution in [3.63, 3.8) is 0 Å². The Balaban J connectivity index is 1.75. The molecule has 0 radical (unpaired) electrons. The van der Waals surface area contributed by atoms with Crippen LogP contribution in [0.1, 0.15) is 50.1 Å². The van der Waals surface area contributed by atoms with Crippen molar-refractivity contribution in [1.82, 2.24) is 15.1 Å². The summed E-state index contributed by atoms with van der Waals surface area (Å²) in [6, 6.07) is 11.4. The molecule has 1 aliphatic rings. The van der Waals surface area contributed by atoms with Crippen molar-refractivity contribution in [2.24, 2.45) is 0 Å². The molecule has 168 valence electrons. The average molecular weight is 444 g/mol. The van der Waals surface area contributed by atoms with E-state index < -0.39 is 0 Å². The minimum Gasteiger partial charge on any atom is -0.491 e. The second-order valence-electron chi connectivity index (χ2n) is 7.89. The summed E-state index contributed by atoms with van der Waals surface area (Å²) in [5, 5.41) is 5.00. The van der Waals surface area contributed by atoms with E-state index in [2.05, 4.69) is 16.8 Å². The Bertz CT molecular complexity index is 855. The van der Waals surface area contributed by atoms with Crippen molar-refractivity contribution < 1.29 is 14.3 Å². The van der Waals surface area contributed by atoms with Gasteiger partial charge in [0.25, 0.3) is 0 Å². The number of amides is 3. The molecule has 0 saturated heterocycles. The van der Waals surface area contributed by atoms with Gasteiger partial charge in [-0.1, -0.05) is 32.0 Å². The zero-order valence-electron chi connectivity index (χ0n) is 18.7. The van der Waals surface area contributed by atoms with Crippen molar-refractivity contribution in [1.29, 1.82) is 0 Å². The molecule has 0 saturated carbocycles. The number of rotatable bonds is 9. The van der Waals surface area contributed by atoms with Crippen LogP contribution in [0.15, 0.2) is 41.8 Å². The monoisotopic (exact) mass is 443 g/mol. The van der Waals surface area contributed by atoms with Crippen LogP contribution in [0.4, 0.5) is 4.79 Å². The Morgan fingerprint density at radius 2 is 2.03 bits per heavy atom. The molecule has 2 atom stereocenters. The van der Waals surface area contributed by atoms with Gasteiger partial charge in [0.1, 0.15) is 18.9 Å². The van der Waals surface area contributed by atoms with E-state index in [0.29, 0.717) is 19.7 Å². The second kappa shape index (κ2) is 11.2. The maximum Gasteiger partial charge on any atom is 0.318 e. The first kappa shape index (κ1) is 23.1.